The molecule has 0 spiro atoms. The number of carbonyl (C=O) groups excluding carboxylic acids is 2. The van der Waals surface area contributed by atoms with E-state index < -0.39 is 11.4 Å². The predicted molar refractivity (Wildman–Crippen MR) is 151 cm³/mol. The number of benzene rings is 2. The molecule has 0 aliphatic heterocycles. The molecule has 4 aromatic rings. The molecule has 0 bridgehead atoms. The standard InChI is InChI=1S/C29H24Cl3FN2O4.CO2/c1-37-28-19(3-2-8-34-28)16-12-29(36,13-16)21-7-6-18(11-22(21)30)38-14-20-26(35-39-27(20)15-4-5-15)25-23(31)9-17(33)10-24(25)32;2-1-3/h2-3,6-11,15-16,36H,4-5,12-14H2,1H3;. The lowest BCUT2D eigenvalue weighted by molar-refractivity contribution is -0.191. The summed E-state index contributed by atoms with van der Waals surface area (Å²) >= 11 is 19.3. The lowest BCUT2D eigenvalue weighted by Gasteiger charge is -2.44. The summed E-state index contributed by atoms with van der Waals surface area (Å²) in [6.07, 6.45) is 4.91. The number of pyridine rings is 1. The lowest BCUT2D eigenvalue weighted by atomic mass is 9.65. The van der Waals surface area contributed by atoms with Gasteiger partial charge in [-0.1, -0.05) is 52.1 Å². The summed E-state index contributed by atoms with van der Waals surface area (Å²) in [4.78, 5) is 20.5. The Kier molecular flexibility index (Phi) is 8.87. The van der Waals surface area contributed by atoms with E-state index in [1.807, 2.05) is 12.1 Å². The molecule has 42 heavy (non-hydrogen) atoms. The van der Waals surface area contributed by atoms with Crippen molar-refractivity contribution >= 4 is 41.0 Å². The Morgan fingerprint density at radius 2 is 1.76 bits per heavy atom. The van der Waals surface area contributed by atoms with Crippen LogP contribution in [0, 0.1) is 5.82 Å². The third kappa shape index (κ3) is 6.02. The van der Waals surface area contributed by atoms with Gasteiger partial charge in [-0.25, -0.2) is 9.37 Å². The quantitative estimate of drug-likeness (QED) is 0.213. The first-order chi connectivity index (χ1) is 20.2. The van der Waals surface area contributed by atoms with Crippen LogP contribution in [0.5, 0.6) is 11.6 Å². The van der Waals surface area contributed by atoms with Crippen molar-refractivity contribution < 1.29 is 33.1 Å². The lowest BCUT2D eigenvalue weighted by Crippen LogP contribution is -2.40. The fraction of sp³-hybridized carbons (Fsp3) is 0.300. The summed E-state index contributed by atoms with van der Waals surface area (Å²) in [6.45, 7) is 0.123. The highest BCUT2D eigenvalue weighted by atomic mass is 35.5. The van der Waals surface area contributed by atoms with E-state index in [0.29, 0.717) is 57.6 Å². The predicted octanol–water partition coefficient (Wildman–Crippen LogP) is 7.48. The van der Waals surface area contributed by atoms with Crippen LogP contribution in [0.25, 0.3) is 11.3 Å². The molecule has 1 N–H and O–H groups in total. The normalized spacial score (nSPS) is 19.2. The van der Waals surface area contributed by atoms with Gasteiger partial charge in [0.05, 0.1) is 33.3 Å². The maximum absolute atomic E-state index is 13.8. The molecule has 0 unspecified atom stereocenters. The van der Waals surface area contributed by atoms with Gasteiger partial charge in [0.25, 0.3) is 0 Å². The van der Waals surface area contributed by atoms with Crippen LogP contribution in [0.3, 0.4) is 0 Å². The third-order valence-electron chi connectivity index (χ3n) is 7.44. The molecule has 6 rings (SSSR count). The number of methoxy groups -OCH3 is 1. The summed E-state index contributed by atoms with van der Waals surface area (Å²) in [6, 6.07) is 11.5. The highest BCUT2D eigenvalue weighted by molar-refractivity contribution is 6.39. The van der Waals surface area contributed by atoms with E-state index in [4.69, 9.17) is 58.4 Å². The van der Waals surface area contributed by atoms with Crippen molar-refractivity contribution in [1.82, 2.24) is 10.1 Å². The summed E-state index contributed by atoms with van der Waals surface area (Å²) < 4.78 is 30.9. The van der Waals surface area contributed by atoms with Gasteiger partial charge < -0.3 is 19.1 Å². The zero-order valence-corrected chi connectivity index (χ0v) is 24.5. The van der Waals surface area contributed by atoms with Crippen LogP contribution in [0.2, 0.25) is 15.1 Å². The minimum absolute atomic E-state index is 0.114. The van der Waals surface area contributed by atoms with E-state index in [0.717, 1.165) is 18.4 Å². The van der Waals surface area contributed by atoms with Gasteiger partial charge in [0.1, 0.15) is 29.6 Å². The fourth-order valence-corrected chi connectivity index (χ4v) is 6.28. The summed E-state index contributed by atoms with van der Waals surface area (Å²) in [7, 11) is 1.59. The van der Waals surface area contributed by atoms with E-state index in [1.165, 1.54) is 12.1 Å². The largest absolute Gasteiger partial charge is 0.489 e. The summed E-state index contributed by atoms with van der Waals surface area (Å²) in [5.41, 5.74) is 2.09. The zero-order chi connectivity index (χ0) is 30.0. The van der Waals surface area contributed by atoms with E-state index in [-0.39, 0.29) is 34.6 Å². The summed E-state index contributed by atoms with van der Waals surface area (Å²) in [5.74, 6) is 1.62. The summed E-state index contributed by atoms with van der Waals surface area (Å²) in [5, 5.41) is 16.2. The van der Waals surface area contributed by atoms with Crippen molar-refractivity contribution in [1.29, 1.82) is 0 Å². The molecule has 2 fully saturated rings. The number of hydrogen-bond donors (Lipinski definition) is 1. The van der Waals surface area contributed by atoms with E-state index in [9.17, 15) is 9.50 Å². The van der Waals surface area contributed by atoms with Gasteiger partial charge in [0.2, 0.25) is 5.88 Å². The number of hydrogen-bond acceptors (Lipinski definition) is 8. The minimum Gasteiger partial charge on any atom is -0.489 e. The van der Waals surface area contributed by atoms with Gasteiger partial charge in [-0.05, 0) is 61.9 Å². The monoisotopic (exact) mass is 632 g/mol. The van der Waals surface area contributed by atoms with Crippen molar-refractivity contribution in [3.63, 3.8) is 0 Å². The Morgan fingerprint density at radius 1 is 1.07 bits per heavy atom. The Balaban J connectivity index is 0.00000113. The zero-order valence-electron chi connectivity index (χ0n) is 22.2. The molecular formula is C30H24Cl3FN2O6. The number of halogens is 4. The molecule has 0 atom stereocenters. The van der Waals surface area contributed by atoms with E-state index in [2.05, 4.69) is 10.1 Å². The van der Waals surface area contributed by atoms with Crippen molar-refractivity contribution in [2.75, 3.05) is 7.11 Å². The van der Waals surface area contributed by atoms with Gasteiger partial charge >= 0.3 is 6.15 Å². The van der Waals surface area contributed by atoms with Gasteiger partial charge in [-0.2, -0.15) is 9.59 Å². The first kappa shape index (κ1) is 30.0. The molecule has 2 aromatic carbocycles. The molecule has 2 heterocycles. The van der Waals surface area contributed by atoms with Gasteiger partial charge in [-0.15, -0.1) is 0 Å². The number of aromatic nitrogens is 2. The van der Waals surface area contributed by atoms with Gasteiger partial charge in [0.15, 0.2) is 0 Å². The number of nitrogens with zero attached hydrogens (tertiary/aromatic N) is 2. The molecule has 2 saturated carbocycles. The second-order valence-electron chi connectivity index (χ2n) is 10.1. The highest BCUT2D eigenvalue weighted by Gasteiger charge is 2.46. The maximum Gasteiger partial charge on any atom is 0.373 e. The molecule has 2 aromatic heterocycles. The van der Waals surface area contributed by atoms with Crippen LogP contribution in [0.15, 0.2) is 53.2 Å². The van der Waals surface area contributed by atoms with Crippen LogP contribution in [-0.2, 0) is 21.8 Å². The maximum atomic E-state index is 13.8. The molecule has 2 aliphatic carbocycles. The van der Waals surface area contributed by atoms with Crippen LogP contribution < -0.4 is 9.47 Å². The van der Waals surface area contributed by atoms with Crippen LogP contribution in [-0.4, -0.2) is 28.5 Å². The van der Waals surface area contributed by atoms with Crippen LogP contribution in [0.4, 0.5) is 4.39 Å². The second kappa shape index (κ2) is 12.4. The molecule has 12 heteroatoms. The molecular weight excluding hydrogens is 610 g/mol. The smallest absolute Gasteiger partial charge is 0.373 e. The first-order valence-corrected chi connectivity index (χ1v) is 14.1. The fourth-order valence-electron chi connectivity index (χ4n) is 5.29. The van der Waals surface area contributed by atoms with Crippen molar-refractivity contribution in [3.05, 3.63) is 92.0 Å². The van der Waals surface area contributed by atoms with E-state index in [1.54, 1.807) is 31.5 Å². The van der Waals surface area contributed by atoms with Crippen LogP contribution in [0.1, 0.15) is 60.0 Å². The molecule has 0 amide bonds. The van der Waals surface area contributed by atoms with Crippen molar-refractivity contribution in [2.24, 2.45) is 0 Å². The third-order valence-corrected chi connectivity index (χ3v) is 8.35. The van der Waals surface area contributed by atoms with Crippen LogP contribution >= 0.6 is 34.8 Å². The average Bonchev–Trinajstić information content (AvgIpc) is 3.70. The average molecular weight is 634 g/mol. The first-order valence-electron chi connectivity index (χ1n) is 13.0. The number of rotatable bonds is 8. The number of aliphatic hydroxyl groups is 1. The molecule has 8 nitrogen and oxygen atoms in total. The SMILES string of the molecule is COc1ncccc1C1CC(O)(c2ccc(OCc3c(-c4c(Cl)cc(F)cc4Cl)noc3C3CC3)cc2Cl)C1.O=C=O. The Bertz CT molecular complexity index is 1620. The highest BCUT2D eigenvalue weighted by Crippen LogP contribution is 2.54. The Morgan fingerprint density at radius 3 is 2.38 bits per heavy atom. The van der Waals surface area contributed by atoms with E-state index >= 15 is 0 Å². The Hall–Kier alpha value is -3.46. The van der Waals surface area contributed by atoms with Crippen molar-refractivity contribution in [3.8, 4) is 22.9 Å². The van der Waals surface area contributed by atoms with Crippen molar-refractivity contribution in [2.45, 2.75) is 49.7 Å². The molecule has 218 valence electrons. The van der Waals surface area contributed by atoms with Gasteiger partial charge in [-0.3, -0.25) is 0 Å². The minimum atomic E-state index is -1.06. The molecule has 2 aliphatic rings. The molecule has 0 radical (unpaired) electrons. The Labute approximate surface area is 255 Å². The topological polar surface area (TPSA) is 112 Å². The number of ether oxygens (including phenoxy) is 2. The van der Waals surface area contributed by atoms with Gasteiger partial charge in [0, 0.05) is 28.8 Å². The second-order valence-corrected chi connectivity index (χ2v) is 11.4. The molecule has 0 saturated heterocycles.